The molecule has 0 aliphatic carbocycles. The van der Waals surface area contributed by atoms with Crippen molar-refractivity contribution in [2.45, 2.75) is 53.6 Å². The lowest BCUT2D eigenvalue weighted by Gasteiger charge is -2.26. The third kappa shape index (κ3) is 7.58. The molecular weight excluding hydrogens is 412 g/mol. The number of hydrogen-bond donors (Lipinski definition) is 1. The van der Waals surface area contributed by atoms with Crippen LogP contribution in [0.25, 0.3) is 0 Å². The smallest absolute Gasteiger partial charge is 0.240 e. The van der Waals surface area contributed by atoms with E-state index >= 15 is 0 Å². The summed E-state index contributed by atoms with van der Waals surface area (Å²) in [6.07, 6.45) is 2.79. The highest BCUT2D eigenvalue weighted by molar-refractivity contribution is 7.92. The lowest BCUT2D eigenvalue weighted by atomic mass is 10.1. The fourth-order valence-electron chi connectivity index (χ4n) is 3.68. The van der Waals surface area contributed by atoms with Crippen LogP contribution >= 0.6 is 0 Å². The van der Waals surface area contributed by atoms with E-state index in [0.29, 0.717) is 12.2 Å². The molecule has 2 aromatic rings. The fraction of sp³-hybridized carbons (Fsp3) is 0.458. The summed E-state index contributed by atoms with van der Waals surface area (Å²) in [6.45, 7) is 9.90. The highest BCUT2D eigenvalue weighted by atomic mass is 32.2. The summed E-state index contributed by atoms with van der Waals surface area (Å²) in [5.41, 5.74) is 4.43. The Kier molecular flexibility index (Phi) is 8.51. The van der Waals surface area contributed by atoms with Crippen molar-refractivity contribution in [3.63, 3.8) is 0 Å². The van der Waals surface area contributed by atoms with Crippen molar-refractivity contribution in [3.8, 4) is 5.75 Å². The van der Waals surface area contributed by atoms with Gasteiger partial charge < -0.3 is 10.1 Å². The van der Waals surface area contributed by atoms with E-state index in [0.717, 1.165) is 47.1 Å². The Morgan fingerprint density at radius 3 is 2.32 bits per heavy atom. The molecule has 0 aliphatic rings. The van der Waals surface area contributed by atoms with Crippen molar-refractivity contribution >= 4 is 21.6 Å². The van der Waals surface area contributed by atoms with Crippen LogP contribution in [0.1, 0.15) is 42.5 Å². The lowest BCUT2D eigenvalue weighted by molar-refractivity contribution is -0.119. The molecule has 0 aromatic heterocycles. The summed E-state index contributed by atoms with van der Waals surface area (Å²) in [5, 5.41) is 2.85. The van der Waals surface area contributed by atoms with Crippen LogP contribution in [0.2, 0.25) is 0 Å². The average molecular weight is 447 g/mol. The van der Waals surface area contributed by atoms with Gasteiger partial charge in [0.05, 0.1) is 18.0 Å². The van der Waals surface area contributed by atoms with E-state index in [1.807, 2.05) is 71.0 Å². The molecule has 2 aromatic carbocycles. The Hall–Kier alpha value is -2.54. The molecule has 0 aliphatic heterocycles. The van der Waals surface area contributed by atoms with Crippen molar-refractivity contribution in [1.29, 1.82) is 0 Å². The average Bonchev–Trinajstić information content (AvgIpc) is 2.62. The second-order valence-corrected chi connectivity index (χ2v) is 10.2. The summed E-state index contributed by atoms with van der Waals surface area (Å²) in [5.74, 6) is 0.519. The Balaban J connectivity index is 1.96. The van der Waals surface area contributed by atoms with Crippen molar-refractivity contribution in [2.75, 3.05) is 23.7 Å². The van der Waals surface area contributed by atoms with Gasteiger partial charge in [-0.3, -0.25) is 9.10 Å². The van der Waals surface area contributed by atoms with E-state index in [1.165, 1.54) is 4.31 Å². The second kappa shape index (κ2) is 10.7. The molecule has 1 N–H and O–H groups in total. The molecule has 0 bridgehead atoms. The van der Waals surface area contributed by atoms with Crippen molar-refractivity contribution < 1.29 is 17.9 Å². The molecule has 1 amide bonds. The normalized spacial score (nSPS) is 11.5. The van der Waals surface area contributed by atoms with E-state index in [2.05, 4.69) is 5.32 Å². The maximum atomic E-state index is 12.5. The number of nitrogens with one attached hydrogen (secondary N) is 1. The maximum absolute atomic E-state index is 12.5. The van der Waals surface area contributed by atoms with Crippen molar-refractivity contribution in [2.24, 2.45) is 0 Å². The molecule has 6 nitrogen and oxygen atoms in total. The van der Waals surface area contributed by atoms with Crippen LogP contribution < -0.4 is 14.4 Å². The first-order valence-electron chi connectivity index (χ1n) is 10.5. The van der Waals surface area contributed by atoms with Crippen LogP contribution in [0.15, 0.2) is 36.4 Å². The van der Waals surface area contributed by atoms with Gasteiger partial charge in [-0.2, -0.15) is 0 Å². The Labute approximate surface area is 186 Å². The summed E-state index contributed by atoms with van der Waals surface area (Å²) in [4.78, 5) is 12.5. The molecule has 0 saturated carbocycles. The molecule has 0 unspecified atom stereocenters. The largest absolute Gasteiger partial charge is 0.491 e. The van der Waals surface area contributed by atoms with Gasteiger partial charge in [-0.15, -0.1) is 0 Å². The quantitative estimate of drug-likeness (QED) is 0.562. The molecule has 170 valence electrons. The SMILES string of the molecule is Cc1cc(C)c(N(CC(=O)NCCCc2cccc(OC(C)C)c2)S(C)(=O)=O)c(C)c1. The number of anilines is 1. The Morgan fingerprint density at radius 1 is 1.10 bits per heavy atom. The molecule has 31 heavy (non-hydrogen) atoms. The van der Waals surface area contributed by atoms with Gasteiger partial charge >= 0.3 is 0 Å². The molecule has 2 rings (SSSR count). The number of nitrogens with zero attached hydrogens (tertiary/aromatic N) is 1. The molecule has 0 heterocycles. The molecule has 0 fully saturated rings. The summed E-state index contributed by atoms with van der Waals surface area (Å²) in [6, 6.07) is 11.8. The van der Waals surface area contributed by atoms with Crippen molar-refractivity contribution in [3.05, 3.63) is 58.7 Å². The zero-order chi connectivity index (χ0) is 23.2. The van der Waals surface area contributed by atoms with Gasteiger partial charge in [0.15, 0.2) is 0 Å². The fourth-order valence-corrected chi connectivity index (χ4v) is 4.65. The number of hydrogen-bond acceptors (Lipinski definition) is 4. The zero-order valence-electron chi connectivity index (χ0n) is 19.4. The second-order valence-electron chi connectivity index (χ2n) is 8.28. The van der Waals surface area contributed by atoms with Gasteiger partial charge in [0.2, 0.25) is 15.9 Å². The number of ether oxygens (including phenoxy) is 1. The molecule has 7 heteroatoms. The number of sulfonamides is 1. The van der Waals surface area contributed by atoms with Crippen LogP contribution in [0, 0.1) is 20.8 Å². The Bertz CT molecular complexity index is 993. The first kappa shape index (κ1) is 24.7. The topological polar surface area (TPSA) is 75.7 Å². The number of aryl methyl sites for hydroxylation is 4. The first-order valence-corrected chi connectivity index (χ1v) is 12.4. The maximum Gasteiger partial charge on any atom is 0.240 e. The van der Waals surface area contributed by atoms with Gasteiger partial charge in [-0.05, 0) is 76.3 Å². The van der Waals surface area contributed by atoms with Crippen LogP contribution in [0.5, 0.6) is 5.75 Å². The third-order valence-electron chi connectivity index (χ3n) is 4.81. The Morgan fingerprint density at radius 2 is 1.74 bits per heavy atom. The molecule has 0 radical (unpaired) electrons. The number of rotatable bonds is 10. The number of amides is 1. The van der Waals surface area contributed by atoms with Crippen LogP contribution in [-0.2, 0) is 21.2 Å². The van der Waals surface area contributed by atoms with Crippen LogP contribution in [-0.4, -0.2) is 39.8 Å². The summed E-state index contributed by atoms with van der Waals surface area (Å²) >= 11 is 0. The van der Waals surface area contributed by atoms with Gasteiger partial charge in [0.1, 0.15) is 12.3 Å². The number of benzene rings is 2. The van der Waals surface area contributed by atoms with Gasteiger partial charge in [0.25, 0.3) is 0 Å². The van der Waals surface area contributed by atoms with Gasteiger partial charge in [-0.25, -0.2) is 8.42 Å². The monoisotopic (exact) mass is 446 g/mol. The highest BCUT2D eigenvalue weighted by Crippen LogP contribution is 2.28. The van der Waals surface area contributed by atoms with E-state index in [-0.39, 0.29) is 18.6 Å². The lowest BCUT2D eigenvalue weighted by Crippen LogP contribution is -2.41. The number of carbonyl (C=O) groups excluding carboxylic acids is 1. The predicted molar refractivity (Wildman–Crippen MR) is 126 cm³/mol. The third-order valence-corrected chi connectivity index (χ3v) is 5.92. The zero-order valence-corrected chi connectivity index (χ0v) is 20.2. The molecular formula is C24H34N2O4S. The van der Waals surface area contributed by atoms with Crippen molar-refractivity contribution in [1.82, 2.24) is 5.32 Å². The first-order chi connectivity index (χ1) is 14.5. The predicted octanol–water partition coefficient (Wildman–Crippen LogP) is 3.91. The molecule has 0 saturated heterocycles. The summed E-state index contributed by atoms with van der Waals surface area (Å²) in [7, 11) is -3.60. The van der Waals surface area contributed by atoms with Gasteiger partial charge in [0, 0.05) is 6.54 Å². The van der Waals surface area contributed by atoms with Gasteiger partial charge in [-0.1, -0.05) is 29.8 Å². The van der Waals surface area contributed by atoms with E-state index in [9.17, 15) is 13.2 Å². The van der Waals surface area contributed by atoms with Crippen LogP contribution in [0.3, 0.4) is 0 Å². The highest BCUT2D eigenvalue weighted by Gasteiger charge is 2.24. The van der Waals surface area contributed by atoms with E-state index in [4.69, 9.17) is 4.74 Å². The van der Waals surface area contributed by atoms with Crippen LogP contribution in [0.4, 0.5) is 5.69 Å². The molecule has 0 atom stereocenters. The summed E-state index contributed by atoms with van der Waals surface area (Å²) < 4.78 is 31.7. The minimum absolute atomic E-state index is 0.119. The van der Waals surface area contributed by atoms with E-state index in [1.54, 1.807) is 0 Å². The standard InChI is InChI=1S/C24H34N2O4S/c1-17(2)30-22-11-7-9-21(15-22)10-8-12-25-23(27)16-26(31(6,28)29)24-19(4)13-18(3)14-20(24)5/h7,9,11,13-15,17H,8,10,12,16H2,1-6H3,(H,25,27). The van der Waals surface area contributed by atoms with E-state index < -0.39 is 10.0 Å². The minimum Gasteiger partial charge on any atom is -0.491 e. The minimum atomic E-state index is -3.60. The molecule has 0 spiro atoms. The number of carbonyl (C=O) groups is 1.